The molecule has 10 aromatic rings. The number of aromatic nitrogens is 3. The highest BCUT2D eigenvalue weighted by Crippen LogP contribution is 2.40. The molecule has 10 rings (SSSR count). The molecule has 0 atom stereocenters. The van der Waals surface area contributed by atoms with Crippen molar-refractivity contribution in [1.29, 1.82) is 0 Å². The Kier molecular flexibility index (Phi) is 8.36. The molecule has 258 valence electrons. The van der Waals surface area contributed by atoms with Gasteiger partial charge in [0.2, 0.25) is 0 Å². The van der Waals surface area contributed by atoms with Crippen LogP contribution in [-0.4, -0.2) is 15.0 Å². The molecule has 0 aliphatic carbocycles. The second kappa shape index (κ2) is 14.1. The molecule has 0 spiro atoms. The van der Waals surface area contributed by atoms with Crippen molar-refractivity contribution in [3.63, 3.8) is 0 Å². The number of thiophene rings is 1. The minimum atomic E-state index is 0.676. The van der Waals surface area contributed by atoms with Gasteiger partial charge in [-0.25, -0.2) is 9.97 Å². The first kappa shape index (κ1) is 32.6. The van der Waals surface area contributed by atoms with Crippen molar-refractivity contribution < 1.29 is 0 Å². The lowest BCUT2D eigenvalue weighted by Gasteiger charge is -2.14. The molecule has 0 bridgehead atoms. The second-order valence-corrected chi connectivity index (χ2v) is 14.8. The van der Waals surface area contributed by atoms with Crippen molar-refractivity contribution in [2.75, 3.05) is 0 Å². The lowest BCUT2D eigenvalue weighted by Crippen LogP contribution is -1.97. The van der Waals surface area contributed by atoms with Crippen LogP contribution in [0.15, 0.2) is 200 Å². The summed E-state index contributed by atoms with van der Waals surface area (Å²) in [5.74, 6) is 0.676. The second-order valence-electron chi connectivity index (χ2n) is 13.7. The average molecular weight is 720 g/mol. The molecule has 0 radical (unpaired) electrons. The lowest BCUT2D eigenvalue weighted by molar-refractivity contribution is 1.18. The zero-order valence-corrected chi connectivity index (χ0v) is 30.6. The Morgan fingerprint density at radius 1 is 0.291 bits per heavy atom. The monoisotopic (exact) mass is 719 g/mol. The van der Waals surface area contributed by atoms with Gasteiger partial charge in [0, 0.05) is 48.6 Å². The van der Waals surface area contributed by atoms with E-state index < -0.39 is 0 Å². The highest BCUT2D eigenvalue weighted by atomic mass is 32.1. The first-order valence-electron chi connectivity index (χ1n) is 18.4. The van der Waals surface area contributed by atoms with Gasteiger partial charge in [0.1, 0.15) is 0 Å². The zero-order chi connectivity index (χ0) is 36.6. The Hall–Kier alpha value is -7.01. The highest BCUT2D eigenvalue weighted by molar-refractivity contribution is 7.25. The summed E-state index contributed by atoms with van der Waals surface area (Å²) in [5.41, 5.74) is 13.5. The van der Waals surface area contributed by atoms with Gasteiger partial charge in [-0.3, -0.25) is 4.98 Å². The fourth-order valence-electron chi connectivity index (χ4n) is 7.36. The molecular weight excluding hydrogens is 687 g/mol. The van der Waals surface area contributed by atoms with Crippen LogP contribution in [0.5, 0.6) is 0 Å². The first-order chi connectivity index (χ1) is 27.2. The molecule has 0 aliphatic rings. The lowest BCUT2D eigenvalue weighted by atomic mass is 9.93. The van der Waals surface area contributed by atoms with Crippen molar-refractivity contribution in [1.82, 2.24) is 15.0 Å². The number of hydrogen-bond donors (Lipinski definition) is 0. The molecule has 3 heterocycles. The van der Waals surface area contributed by atoms with Crippen molar-refractivity contribution in [3.8, 4) is 78.5 Å². The van der Waals surface area contributed by atoms with Gasteiger partial charge in [0.25, 0.3) is 0 Å². The summed E-state index contributed by atoms with van der Waals surface area (Å²) in [7, 11) is 0. The van der Waals surface area contributed by atoms with Gasteiger partial charge in [0.15, 0.2) is 5.82 Å². The Morgan fingerprint density at radius 2 is 0.782 bits per heavy atom. The molecule has 0 unspecified atom stereocenters. The van der Waals surface area contributed by atoms with Gasteiger partial charge in [-0.05, 0) is 106 Å². The highest BCUT2D eigenvalue weighted by Gasteiger charge is 2.16. The number of fused-ring (bicyclic) bond motifs is 3. The third kappa shape index (κ3) is 6.50. The van der Waals surface area contributed by atoms with E-state index in [9.17, 15) is 0 Å². The number of rotatable bonds is 7. The molecule has 0 fully saturated rings. The summed E-state index contributed by atoms with van der Waals surface area (Å²) < 4.78 is 2.60. The summed E-state index contributed by atoms with van der Waals surface area (Å²) in [6.45, 7) is 0. The van der Waals surface area contributed by atoms with Crippen molar-refractivity contribution in [2.45, 2.75) is 0 Å². The van der Waals surface area contributed by atoms with Crippen LogP contribution in [0.4, 0.5) is 0 Å². The van der Waals surface area contributed by atoms with Gasteiger partial charge in [0.05, 0.1) is 17.1 Å². The molecular formula is C51H33N3S. The van der Waals surface area contributed by atoms with Crippen LogP contribution < -0.4 is 0 Å². The molecule has 7 aromatic carbocycles. The molecule has 0 N–H and O–H groups in total. The van der Waals surface area contributed by atoms with Crippen LogP contribution in [0.1, 0.15) is 0 Å². The molecule has 0 saturated carbocycles. The van der Waals surface area contributed by atoms with Crippen LogP contribution >= 0.6 is 11.3 Å². The van der Waals surface area contributed by atoms with E-state index in [1.54, 1.807) is 0 Å². The van der Waals surface area contributed by atoms with E-state index in [-0.39, 0.29) is 0 Å². The standard InChI is InChI=1S/C51H33N3S/c1-4-14-34(15-5-1)38-26-40(37-23-24-50-45(32-37)44-20-10-11-22-49(44)55-50)30-42(28-38)47-33-48(54-51(53-47)36-18-8-3-9-19-36)43-29-39(35-16-6-2-7-17-35)27-41(31-43)46-21-12-13-25-52-46/h1-33H. The maximum absolute atomic E-state index is 5.29. The third-order valence-electron chi connectivity index (χ3n) is 10.1. The molecule has 0 aliphatic heterocycles. The zero-order valence-electron chi connectivity index (χ0n) is 29.8. The molecule has 55 heavy (non-hydrogen) atoms. The number of benzene rings is 7. The van der Waals surface area contributed by atoms with E-state index in [2.05, 4.69) is 158 Å². The Balaban J connectivity index is 1.19. The summed E-state index contributed by atoms with van der Waals surface area (Å²) in [6, 6.07) is 68.6. The fraction of sp³-hybridized carbons (Fsp3) is 0. The third-order valence-corrected chi connectivity index (χ3v) is 11.3. The van der Waals surface area contributed by atoms with Gasteiger partial charge in [-0.2, -0.15) is 0 Å². The SMILES string of the molecule is c1ccc(-c2cc(-c3ccc4sc5ccccc5c4c3)cc(-c3cc(-c4cc(-c5ccccc5)cc(-c5ccccn5)c4)nc(-c4ccccc4)n3)c2)cc1. The summed E-state index contributed by atoms with van der Waals surface area (Å²) in [5, 5.41) is 2.57. The van der Waals surface area contributed by atoms with Gasteiger partial charge < -0.3 is 0 Å². The van der Waals surface area contributed by atoms with E-state index in [1.807, 2.05) is 53.9 Å². The molecule has 3 aromatic heterocycles. The average Bonchev–Trinajstić information content (AvgIpc) is 3.65. The van der Waals surface area contributed by atoms with E-state index >= 15 is 0 Å². The quantitative estimate of drug-likeness (QED) is 0.165. The van der Waals surface area contributed by atoms with E-state index in [0.717, 1.165) is 67.2 Å². The van der Waals surface area contributed by atoms with E-state index in [4.69, 9.17) is 15.0 Å². The molecule has 0 amide bonds. The van der Waals surface area contributed by atoms with E-state index in [0.29, 0.717) is 5.82 Å². The Bertz CT molecular complexity index is 2900. The van der Waals surface area contributed by atoms with Crippen LogP contribution in [-0.2, 0) is 0 Å². The van der Waals surface area contributed by atoms with E-state index in [1.165, 1.54) is 25.7 Å². The van der Waals surface area contributed by atoms with Crippen molar-refractivity contribution >= 4 is 31.5 Å². The topological polar surface area (TPSA) is 38.7 Å². The first-order valence-corrected chi connectivity index (χ1v) is 19.2. The van der Waals surface area contributed by atoms with Gasteiger partial charge in [-0.15, -0.1) is 11.3 Å². The van der Waals surface area contributed by atoms with Gasteiger partial charge in [-0.1, -0.05) is 121 Å². The largest absolute Gasteiger partial charge is 0.256 e. The maximum atomic E-state index is 5.29. The Labute approximate surface area is 323 Å². The molecule has 3 nitrogen and oxygen atoms in total. The van der Waals surface area contributed by atoms with Crippen LogP contribution in [0, 0.1) is 0 Å². The molecule has 4 heteroatoms. The van der Waals surface area contributed by atoms with Crippen LogP contribution in [0.3, 0.4) is 0 Å². The predicted octanol–water partition coefficient (Wildman–Crippen LogP) is 13.9. The van der Waals surface area contributed by atoms with Gasteiger partial charge >= 0.3 is 0 Å². The molecule has 0 saturated heterocycles. The summed E-state index contributed by atoms with van der Waals surface area (Å²) in [6.07, 6.45) is 1.84. The summed E-state index contributed by atoms with van der Waals surface area (Å²) >= 11 is 1.84. The number of nitrogens with zero attached hydrogens (tertiary/aromatic N) is 3. The van der Waals surface area contributed by atoms with Crippen LogP contribution in [0.25, 0.3) is 98.7 Å². The Morgan fingerprint density at radius 3 is 1.40 bits per heavy atom. The fourth-order valence-corrected chi connectivity index (χ4v) is 8.44. The number of hydrogen-bond acceptors (Lipinski definition) is 4. The minimum Gasteiger partial charge on any atom is -0.256 e. The smallest absolute Gasteiger partial charge is 0.160 e. The van der Waals surface area contributed by atoms with Crippen molar-refractivity contribution in [2.24, 2.45) is 0 Å². The van der Waals surface area contributed by atoms with Crippen LogP contribution in [0.2, 0.25) is 0 Å². The predicted molar refractivity (Wildman–Crippen MR) is 231 cm³/mol. The van der Waals surface area contributed by atoms with Crippen molar-refractivity contribution in [3.05, 3.63) is 200 Å². The number of pyridine rings is 1. The summed E-state index contributed by atoms with van der Waals surface area (Å²) in [4.78, 5) is 15.3. The maximum Gasteiger partial charge on any atom is 0.160 e. The normalized spacial score (nSPS) is 11.3. The minimum absolute atomic E-state index is 0.676.